The summed E-state index contributed by atoms with van der Waals surface area (Å²) in [5.41, 5.74) is 9.12. The number of nitrogens with zero attached hydrogens (tertiary/aromatic N) is 3. The van der Waals surface area contributed by atoms with Gasteiger partial charge in [0.2, 0.25) is 5.96 Å². The molecule has 28 heavy (non-hydrogen) atoms. The van der Waals surface area contributed by atoms with Crippen molar-refractivity contribution in [1.82, 2.24) is 15.3 Å². The highest BCUT2D eigenvalue weighted by Gasteiger charge is 2.33. The minimum Gasteiger partial charge on any atom is -0.408 e. The number of pyridine rings is 1. The molecule has 0 bridgehead atoms. The molecule has 1 unspecified atom stereocenters. The molecular formula is C19H21N7O2. The molecule has 4 rings (SSSR count). The maximum Gasteiger partial charge on any atom is 0.417 e. The van der Waals surface area contributed by atoms with Crippen LogP contribution in [0.15, 0.2) is 62.5 Å². The number of hydrogen-bond acceptors (Lipinski definition) is 8. The monoisotopic (exact) mass is 379 g/mol. The second kappa shape index (κ2) is 6.54. The zero-order valence-corrected chi connectivity index (χ0v) is 15.8. The van der Waals surface area contributed by atoms with Crippen LogP contribution in [0.2, 0.25) is 0 Å². The zero-order chi connectivity index (χ0) is 19.9. The number of hydrogen-bond donors (Lipinski definition) is 4. The molecule has 5 N–H and O–H groups in total. The number of rotatable bonds is 3. The van der Waals surface area contributed by atoms with Gasteiger partial charge in [0.25, 0.3) is 0 Å². The van der Waals surface area contributed by atoms with Gasteiger partial charge >= 0.3 is 5.76 Å². The normalized spacial score (nSPS) is 19.0. The van der Waals surface area contributed by atoms with Gasteiger partial charge in [0.05, 0.1) is 17.4 Å². The van der Waals surface area contributed by atoms with E-state index >= 15 is 0 Å². The fourth-order valence-corrected chi connectivity index (χ4v) is 3.00. The van der Waals surface area contributed by atoms with Gasteiger partial charge in [-0.05, 0) is 42.3 Å². The summed E-state index contributed by atoms with van der Waals surface area (Å²) in [6, 6.07) is 9.15. The molecule has 1 aliphatic rings. The van der Waals surface area contributed by atoms with E-state index < -0.39 is 11.4 Å². The number of H-pyrrole nitrogens is 1. The van der Waals surface area contributed by atoms with Gasteiger partial charge in [0.1, 0.15) is 11.5 Å². The Morgan fingerprint density at radius 2 is 2.07 bits per heavy atom. The number of aromatic amines is 1. The number of aromatic nitrogens is 2. The van der Waals surface area contributed by atoms with Crippen LogP contribution in [0.1, 0.15) is 12.5 Å². The van der Waals surface area contributed by atoms with E-state index in [4.69, 9.17) is 10.2 Å². The van der Waals surface area contributed by atoms with Crippen molar-refractivity contribution in [3.63, 3.8) is 0 Å². The zero-order valence-electron chi connectivity index (χ0n) is 15.8. The van der Waals surface area contributed by atoms with Gasteiger partial charge in [-0.1, -0.05) is 6.07 Å². The van der Waals surface area contributed by atoms with Crippen molar-refractivity contribution in [2.24, 2.45) is 10.7 Å². The number of guanidine groups is 1. The first-order valence-corrected chi connectivity index (χ1v) is 8.71. The van der Waals surface area contributed by atoms with Crippen molar-refractivity contribution in [2.45, 2.75) is 12.6 Å². The van der Waals surface area contributed by atoms with E-state index in [1.165, 1.54) is 0 Å². The molecule has 144 valence electrons. The number of nitrogens with two attached hydrogens (primary N) is 1. The van der Waals surface area contributed by atoms with Crippen LogP contribution < -0.4 is 27.0 Å². The molecule has 0 saturated carbocycles. The third-order valence-electron chi connectivity index (χ3n) is 4.67. The molecule has 3 aromatic rings. The lowest BCUT2D eigenvalue weighted by atomic mass is 9.92. The fourth-order valence-electron chi connectivity index (χ4n) is 3.00. The second-order valence-electron chi connectivity index (χ2n) is 6.87. The standard InChI is InChI=1S/C19H21N7O2/c1-11-9-22-17(23-13-5-7-16(21-10-13)26(2)3)25-19(11,20)12-4-6-15-14(8-12)24-18(27)28-15/h4-10H,20H2,1-3H3,(H,24,27)(H2,22,23,25). The van der Waals surface area contributed by atoms with E-state index in [9.17, 15) is 4.79 Å². The van der Waals surface area contributed by atoms with Crippen molar-refractivity contribution in [3.8, 4) is 0 Å². The third kappa shape index (κ3) is 3.12. The summed E-state index contributed by atoms with van der Waals surface area (Å²) in [6.45, 7) is 1.89. The molecule has 0 aliphatic carbocycles. The molecule has 0 saturated heterocycles. The lowest BCUT2D eigenvalue weighted by Gasteiger charge is -2.35. The summed E-state index contributed by atoms with van der Waals surface area (Å²) >= 11 is 0. The summed E-state index contributed by atoms with van der Waals surface area (Å²) in [7, 11) is 3.87. The first-order valence-electron chi connectivity index (χ1n) is 8.71. The van der Waals surface area contributed by atoms with Crippen molar-refractivity contribution < 1.29 is 4.42 Å². The fraction of sp³-hybridized carbons (Fsp3) is 0.211. The summed E-state index contributed by atoms with van der Waals surface area (Å²) in [5.74, 6) is 0.850. The molecule has 3 heterocycles. The van der Waals surface area contributed by atoms with Crippen LogP contribution in [0.25, 0.3) is 11.1 Å². The Bertz CT molecular complexity index is 1140. The van der Waals surface area contributed by atoms with Crippen LogP contribution in [-0.4, -0.2) is 30.0 Å². The van der Waals surface area contributed by atoms with E-state index in [-0.39, 0.29) is 0 Å². The summed E-state index contributed by atoms with van der Waals surface area (Å²) < 4.78 is 5.06. The van der Waals surface area contributed by atoms with Gasteiger partial charge in [-0.2, -0.15) is 0 Å². The van der Waals surface area contributed by atoms with E-state index in [0.717, 1.165) is 22.6 Å². The highest BCUT2D eigenvalue weighted by Crippen LogP contribution is 2.28. The molecule has 1 aromatic carbocycles. The summed E-state index contributed by atoms with van der Waals surface area (Å²) in [4.78, 5) is 24.8. The number of aliphatic imine (C=N–C) groups is 1. The van der Waals surface area contributed by atoms with Gasteiger partial charge in [-0.15, -0.1) is 0 Å². The minimum absolute atomic E-state index is 0.480. The molecular weight excluding hydrogens is 358 g/mol. The van der Waals surface area contributed by atoms with E-state index in [0.29, 0.717) is 17.1 Å². The van der Waals surface area contributed by atoms with Crippen LogP contribution >= 0.6 is 0 Å². The van der Waals surface area contributed by atoms with Crippen LogP contribution in [0.4, 0.5) is 11.5 Å². The average molecular weight is 379 g/mol. The number of nitrogens with one attached hydrogen (secondary N) is 3. The molecule has 9 nitrogen and oxygen atoms in total. The van der Waals surface area contributed by atoms with Gasteiger partial charge in [0, 0.05) is 20.3 Å². The van der Waals surface area contributed by atoms with Crippen molar-refractivity contribution in [2.75, 3.05) is 24.3 Å². The van der Waals surface area contributed by atoms with Crippen LogP contribution in [0.5, 0.6) is 0 Å². The Hall–Kier alpha value is -3.59. The maximum absolute atomic E-state index is 11.4. The Kier molecular flexibility index (Phi) is 4.16. The van der Waals surface area contributed by atoms with Crippen molar-refractivity contribution in [1.29, 1.82) is 0 Å². The van der Waals surface area contributed by atoms with Gasteiger partial charge in [-0.25, -0.2) is 14.8 Å². The number of anilines is 2. The highest BCUT2D eigenvalue weighted by atomic mass is 16.4. The molecule has 1 aliphatic heterocycles. The van der Waals surface area contributed by atoms with E-state index in [2.05, 4.69) is 25.6 Å². The van der Waals surface area contributed by atoms with Crippen molar-refractivity contribution in [3.05, 3.63) is 64.4 Å². The van der Waals surface area contributed by atoms with Crippen LogP contribution in [0.3, 0.4) is 0 Å². The Balaban J connectivity index is 1.61. The van der Waals surface area contributed by atoms with E-state index in [1.54, 1.807) is 24.5 Å². The lowest BCUT2D eigenvalue weighted by molar-refractivity contribution is 0.478. The Labute approximate surface area is 161 Å². The largest absolute Gasteiger partial charge is 0.417 e. The van der Waals surface area contributed by atoms with Crippen molar-refractivity contribution >= 4 is 28.6 Å². The predicted molar refractivity (Wildman–Crippen MR) is 109 cm³/mol. The number of fused-ring (bicyclic) bond motifs is 1. The number of benzene rings is 1. The third-order valence-corrected chi connectivity index (χ3v) is 4.67. The highest BCUT2D eigenvalue weighted by molar-refractivity contribution is 5.95. The average Bonchev–Trinajstić information content (AvgIpc) is 3.04. The first kappa shape index (κ1) is 17.8. The maximum atomic E-state index is 11.4. The van der Waals surface area contributed by atoms with Crippen LogP contribution in [0, 0.1) is 0 Å². The molecule has 1 atom stereocenters. The predicted octanol–water partition coefficient (Wildman–Crippen LogP) is 1.67. The van der Waals surface area contributed by atoms with E-state index in [1.807, 2.05) is 44.1 Å². The molecule has 0 amide bonds. The molecule has 0 radical (unpaired) electrons. The topological polar surface area (TPSA) is 125 Å². The molecule has 9 heteroatoms. The Morgan fingerprint density at radius 3 is 2.79 bits per heavy atom. The quantitative estimate of drug-likeness (QED) is 0.545. The van der Waals surface area contributed by atoms with Gasteiger partial charge < -0.3 is 25.7 Å². The van der Waals surface area contributed by atoms with Gasteiger partial charge in [0.15, 0.2) is 5.58 Å². The summed E-state index contributed by atoms with van der Waals surface area (Å²) in [5, 5.41) is 6.43. The lowest BCUT2D eigenvalue weighted by Crippen LogP contribution is -2.57. The molecule has 2 aromatic heterocycles. The second-order valence-corrected chi connectivity index (χ2v) is 6.87. The summed E-state index contributed by atoms with van der Waals surface area (Å²) in [6.07, 6.45) is 3.44. The minimum atomic E-state index is -0.997. The Morgan fingerprint density at radius 1 is 1.25 bits per heavy atom. The molecule has 0 spiro atoms. The SMILES string of the molecule is CC1=CN=C(Nc2ccc(N(C)C)nc2)NC1(N)c1ccc2oc(=O)[nH]c2c1. The van der Waals surface area contributed by atoms with Crippen LogP contribution in [-0.2, 0) is 5.66 Å². The number of oxazole rings is 1. The van der Waals surface area contributed by atoms with Gasteiger partial charge in [-0.3, -0.25) is 4.98 Å². The molecule has 0 fully saturated rings. The smallest absolute Gasteiger partial charge is 0.408 e. The first-order chi connectivity index (χ1) is 13.3.